The quantitative estimate of drug-likeness (QED) is 0.801. The fourth-order valence-electron chi connectivity index (χ4n) is 3.02. The zero-order valence-corrected chi connectivity index (χ0v) is 13.8. The van der Waals surface area contributed by atoms with E-state index >= 15 is 0 Å². The zero-order valence-electron chi connectivity index (χ0n) is 13.8. The number of Topliss-reactive ketones (excluding diaryl/α,β-unsaturated/α-hetero) is 1. The van der Waals surface area contributed by atoms with E-state index in [0.717, 1.165) is 25.1 Å². The Morgan fingerprint density at radius 3 is 2.33 bits per heavy atom. The van der Waals surface area contributed by atoms with Crippen LogP contribution in [0.3, 0.4) is 0 Å². The fraction of sp³-hybridized carbons (Fsp3) is 0.300. The van der Waals surface area contributed by atoms with Crippen molar-refractivity contribution < 1.29 is 14.3 Å². The third-order valence-corrected chi connectivity index (χ3v) is 4.36. The summed E-state index contributed by atoms with van der Waals surface area (Å²) in [5, 5.41) is 0. The summed E-state index contributed by atoms with van der Waals surface area (Å²) in [6.45, 7) is 2.84. The number of hydrogen-bond acceptors (Lipinski definition) is 3. The summed E-state index contributed by atoms with van der Waals surface area (Å²) in [5.41, 5.74) is 0.672. The third kappa shape index (κ3) is 3.82. The molecule has 1 fully saturated rings. The lowest BCUT2D eigenvalue weighted by Crippen LogP contribution is -2.41. The van der Waals surface area contributed by atoms with Gasteiger partial charge in [-0.1, -0.05) is 18.2 Å². The second-order valence-corrected chi connectivity index (χ2v) is 6.11. The summed E-state index contributed by atoms with van der Waals surface area (Å²) in [6.07, 6.45) is 1.72. The maximum atomic E-state index is 12.7. The predicted octanol–water partition coefficient (Wildman–Crippen LogP) is 3.92. The van der Waals surface area contributed by atoms with E-state index in [1.807, 2.05) is 42.5 Å². The number of para-hydroxylation sites is 1. The Hall–Kier alpha value is -2.62. The Morgan fingerprint density at radius 2 is 1.67 bits per heavy atom. The van der Waals surface area contributed by atoms with Crippen LogP contribution in [0.1, 0.15) is 30.1 Å². The van der Waals surface area contributed by atoms with Crippen LogP contribution in [0.25, 0.3) is 0 Å². The van der Waals surface area contributed by atoms with Crippen molar-refractivity contribution in [3.05, 3.63) is 60.2 Å². The largest absolute Gasteiger partial charge is 0.457 e. The summed E-state index contributed by atoms with van der Waals surface area (Å²) in [5.74, 6) is 1.50. The van der Waals surface area contributed by atoms with Gasteiger partial charge in [0, 0.05) is 31.5 Å². The van der Waals surface area contributed by atoms with Gasteiger partial charge in [0.15, 0.2) is 5.78 Å². The molecule has 0 aliphatic carbocycles. The number of rotatable bonds is 4. The van der Waals surface area contributed by atoms with Gasteiger partial charge in [-0.05, 0) is 49.2 Å². The van der Waals surface area contributed by atoms with Gasteiger partial charge in [0.2, 0.25) is 5.91 Å². The van der Waals surface area contributed by atoms with E-state index in [2.05, 4.69) is 0 Å². The van der Waals surface area contributed by atoms with Gasteiger partial charge in [-0.2, -0.15) is 0 Å². The van der Waals surface area contributed by atoms with Gasteiger partial charge in [0.25, 0.3) is 0 Å². The zero-order chi connectivity index (χ0) is 16.9. The molecule has 1 atom stereocenters. The van der Waals surface area contributed by atoms with E-state index in [4.69, 9.17) is 4.74 Å². The number of ether oxygens (including phenoxy) is 1. The summed E-state index contributed by atoms with van der Waals surface area (Å²) < 4.78 is 5.74. The smallest absolute Gasteiger partial charge is 0.219 e. The van der Waals surface area contributed by atoms with Crippen LogP contribution in [0.15, 0.2) is 54.6 Å². The lowest BCUT2D eigenvalue weighted by atomic mass is 9.90. The molecule has 0 saturated carbocycles. The van der Waals surface area contributed by atoms with Gasteiger partial charge >= 0.3 is 0 Å². The molecule has 0 N–H and O–H groups in total. The number of benzene rings is 2. The summed E-state index contributed by atoms with van der Waals surface area (Å²) in [6, 6.07) is 16.8. The number of likely N-dealkylation sites (tertiary alicyclic amines) is 1. The molecule has 0 unspecified atom stereocenters. The average molecular weight is 323 g/mol. The topological polar surface area (TPSA) is 46.6 Å². The Morgan fingerprint density at radius 1 is 1.00 bits per heavy atom. The van der Waals surface area contributed by atoms with Gasteiger partial charge in [-0.25, -0.2) is 0 Å². The molecule has 2 aromatic carbocycles. The highest BCUT2D eigenvalue weighted by Gasteiger charge is 2.27. The Labute approximate surface area is 142 Å². The molecule has 4 heteroatoms. The van der Waals surface area contributed by atoms with Crippen LogP contribution < -0.4 is 4.74 Å². The van der Waals surface area contributed by atoms with Crippen LogP contribution in [0.5, 0.6) is 11.5 Å². The van der Waals surface area contributed by atoms with Crippen molar-refractivity contribution in [2.24, 2.45) is 5.92 Å². The van der Waals surface area contributed by atoms with Crippen LogP contribution in [-0.2, 0) is 4.79 Å². The van der Waals surface area contributed by atoms with Gasteiger partial charge in [0.1, 0.15) is 11.5 Å². The van der Waals surface area contributed by atoms with Crippen LogP contribution in [0.4, 0.5) is 0 Å². The summed E-state index contributed by atoms with van der Waals surface area (Å²) >= 11 is 0. The monoisotopic (exact) mass is 323 g/mol. The molecule has 124 valence electrons. The molecule has 1 aliphatic rings. The lowest BCUT2D eigenvalue weighted by Gasteiger charge is -2.31. The van der Waals surface area contributed by atoms with Crippen molar-refractivity contribution in [1.29, 1.82) is 0 Å². The SMILES string of the molecule is CC(=O)N1CCC[C@H](C(=O)c2ccc(Oc3ccccc3)cc2)C1. The van der Waals surface area contributed by atoms with Gasteiger partial charge in [-0.3, -0.25) is 9.59 Å². The Bertz CT molecular complexity index is 709. The standard InChI is InChI=1S/C20H21NO3/c1-15(22)21-13-5-6-17(14-21)20(23)16-9-11-19(12-10-16)24-18-7-3-2-4-8-18/h2-4,7-12,17H,5-6,13-14H2,1H3/t17-/m0/s1. The van der Waals surface area contributed by atoms with E-state index in [1.54, 1.807) is 24.0 Å². The van der Waals surface area contributed by atoms with Gasteiger partial charge in [0.05, 0.1) is 0 Å². The second-order valence-electron chi connectivity index (χ2n) is 6.11. The molecule has 2 aromatic rings. The predicted molar refractivity (Wildman–Crippen MR) is 92.3 cm³/mol. The van der Waals surface area contributed by atoms with Gasteiger partial charge < -0.3 is 9.64 Å². The van der Waals surface area contributed by atoms with E-state index < -0.39 is 0 Å². The molecule has 0 aromatic heterocycles. The van der Waals surface area contributed by atoms with Crippen LogP contribution in [0, 0.1) is 5.92 Å². The Balaban J connectivity index is 1.66. The number of hydrogen-bond donors (Lipinski definition) is 0. The van der Waals surface area contributed by atoms with Crippen LogP contribution >= 0.6 is 0 Å². The van der Waals surface area contributed by atoms with Crippen molar-refractivity contribution in [1.82, 2.24) is 4.90 Å². The average Bonchev–Trinajstić information content (AvgIpc) is 2.63. The van der Waals surface area contributed by atoms with E-state index in [0.29, 0.717) is 17.9 Å². The minimum Gasteiger partial charge on any atom is -0.457 e. The number of nitrogens with zero attached hydrogens (tertiary/aromatic N) is 1. The highest BCUT2D eigenvalue weighted by molar-refractivity contribution is 5.98. The first-order valence-corrected chi connectivity index (χ1v) is 8.26. The summed E-state index contributed by atoms with van der Waals surface area (Å²) in [7, 11) is 0. The number of piperidine rings is 1. The van der Waals surface area contributed by atoms with Crippen molar-refractivity contribution in [3.63, 3.8) is 0 Å². The first-order valence-electron chi connectivity index (χ1n) is 8.26. The lowest BCUT2D eigenvalue weighted by molar-refractivity contribution is -0.130. The highest BCUT2D eigenvalue weighted by Crippen LogP contribution is 2.24. The first kappa shape index (κ1) is 16.2. The minimum atomic E-state index is -0.108. The molecule has 3 rings (SSSR count). The number of carbonyl (C=O) groups excluding carboxylic acids is 2. The third-order valence-electron chi connectivity index (χ3n) is 4.36. The molecule has 1 saturated heterocycles. The second kappa shape index (κ2) is 7.30. The molecular formula is C20H21NO3. The molecule has 0 bridgehead atoms. The molecule has 1 amide bonds. The van der Waals surface area contributed by atoms with Crippen molar-refractivity contribution >= 4 is 11.7 Å². The van der Waals surface area contributed by atoms with Crippen LogP contribution in [-0.4, -0.2) is 29.7 Å². The Kier molecular flexibility index (Phi) is 4.94. The number of carbonyl (C=O) groups is 2. The fourth-order valence-corrected chi connectivity index (χ4v) is 3.02. The normalized spacial score (nSPS) is 17.4. The molecule has 24 heavy (non-hydrogen) atoms. The summed E-state index contributed by atoms with van der Waals surface area (Å²) in [4.78, 5) is 25.9. The van der Waals surface area contributed by atoms with Crippen molar-refractivity contribution in [2.75, 3.05) is 13.1 Å². The van der Waals surface area contributed by atoms with E-state index in [-0.39, 0.29) is 17.6 Å². The molecule has 1 heterocycles. The van der Waals surface area contributed by atoms with E-state index in [9.17, 15) is 9.59 Å². The molecular weight excluding hydrogens is 302 g/mol. The molecule has 0 spiro atoms. The highest BCUT2D eigenvalue weighted by atomic mass is 16.5. The van der Waals surface area contributed by atoms with Crippen molar-refractivity contribution in [3.8, 4) is 11.5 Å². The molecule has 4 nitrogen and oxygen atoms in total. The number of ketones is 1. The van der Waals surface area contributed by atoms with E-state index in [1.165, 1.54) is 0 Å². The number of amides is 1. The van der Waals surface area contributed by atoms with Crippen molar-refractivity contribution in [2.45, 2.75) is 19.8 Å². The molecule has 0 radical (unpaired) electrons. The first-order chi connectivity index (χ1) is 11.6. The van der Waals surface area contributed by atoms with Gasteiger partial charge in [-0.15, -0.1) is 0 Å². The minimum absolute atomic E-state index is 0.0408. The molecule has 1 aliphatic heterocycles. The maximum Gasteiger partial charge on any atom is 0.219 e. The van der Waals surface area contributed by atoms with Crippen LogP contribution in [0.2, 0.25) is 0 Å². The maximum absolute atomic E-state index is 12.7.